The highest BCUT2D eigenvalue weighted by molar-refractivity contribution is 5.67. The second-order valence-corrected chi connectivity index (χ2v) is 6.50. The van der Waals surface area contributed by atoms with Gasteiger partial charge in [-0.1, -0.05) is 26.7 Å². The molecule has 156 valence electrons. The highest BCUT2D eigenvalue weighted by Crippen LogP contribution is 2.28. The van der Waals surface area contributed by atoms with E-state index in [1.807, 2.05) is 13.8 Å². The Bertz CT molecular complexity index is 503. The molecule has 0 aromatic carbocycles. The average Bonchev–Trinajstić information content (AvgIpc) is 2.58. The largest absolute Gasteiger partial charge is 0.463 e. The Morgan fingerprint density at radius 2 is 1.48 bits per heavy atom. The summed E-state index contributed by atoms with van der Waals surface area (Å²) in [7, 11) is 0. The Hall–Kier alpha value is -1.71. The average molecular weight is 390 g/mol. The van der Waals surface area contributed by atoms with E-state index in [4.69, 9.17) is 23.7 Å². The van der Waals surface area contributed by atoms with E-state index in [1.54, 1.807) is 0 Å². The fraction of sp³-hybridized carbons (Fsp3) is 0.833. The minimum Gasteiger partial charge on any atom is -0.463 e. The number of aliphatic hydroxyl groups excluding tert-OH is 1. The smallest absolute Gasteiger partial charge is 0.303 e. The first kappa shape index (κ1) is 23.3. The van der Waals surface area contributed by atoms with Crippen molar-refractivity contribution in [2.45, 2.75) is 78.2 Å². The van der Waals surface area contributed by atoms with Crippen LogP contribution in [0.2, 0.25) is 0 Å². The molecular weight excluding hydrogens is 360 g/mol. The molecule has 1 fully saturated rings. The van der Waals surface area contributed by atoms with Crippen LogP contribution >= 0.6 is 0 Å². The van der Waals surface area contributed by atoms with Crippen molar-refractivity contribution in [3.8, 4) is 0 Å². The van der Waals surface area contributed by atoms with Gasteiger partial charge < -0.3 is 28.8 Å². The Balaban J connectivity index is 3.09. The maximum absolute atomic E-state index is 11.6. The number of ether oxygens (including phenoxy) is 5. The van der Waals surface area contributed by atoms with E-state index in [0.29, 0.717) is 6.61 Å². The molecule has 1 aliphatic rings. The van der Waals surface area contributed by atoms with Gasteiger partial charge in [0.25, 0.3) is 0 Å². The molecule has 0 saturated carbocycles. The summed E-state index contributed by atoms with van der Waals surface area (Å²) in [5.41, 5.74) is 0. The van der Waals surface area contributed by atoms with Gasteiger partial charge >= 0.3 is 17.9 Å². The third-order valence-electron chi connectivity index (χ3n) is 4.34. The molecular formula is C18H30O9. The van der Waals surface area contributed by atoms with Gasteiger partial charge in [-0.2, -0.15) is 0 Å². The zero-order valence-corrected chi connectivity index (χ0v) is 16.5. The van der Waals surface area contributed by atoms with Crippen LogP contribution in [-0.2, 0) is 38.1 Å². The molecule has 0 aromatic heterocycles. The Kier molecular flexibility index (Phi) is 9.68. The van der Waals surface area contributed by atoms with Gasteiger partial charge in [-0.25, -0.2) is 0 Å². The van der Waals surface area contributed by atoms with Gasteiger partial charge in [0.15, 0.2) is 18.5 Å². The van der Waals surface area contributed by atoms with Crippen LogP contribution in [0.5, 0.6) is 0 Å². The third kappa shape index (κ3) is 7.43. The van der Waals surface area contributed by atoms with Crippen molar-refractivity contribution in [2.75, 3.05) is 13.2 Å². The predicted molar refractivity (Wildman–Crippen MR) is 92.4 cm³/mol. The minimum atomic E-state index is -1.52. The third-order valence-corrected chi connectivity index (χ3v) is 4.34. The molecule has 9 heteroatoms. The van der Waals surface area contributed by atoms with Gasteiger partial charge in [0.2, 0.25) is 0 Å². The number of carbonyl (C=O) groups excluding carboxylic acids is 3. The van der Waals surface area contributed by atoms with Crippen LogP contribution in [-0.4, -0.2) is 66.9 Å². The van der Waals surface area contributed by atoms with Crippen molar-refractivity contribution in [3.63, 3.8) is 0 Å². The molecule has 0 bridgehead atoms. The number of aliphatic hydroxyl groups is 1. The minimum absolute atomic E-state index is 0.243. The van der Waals surface area contributed by atoms with Crippen LogP contribution in [0.25, 0.3) is 0 Å². The van der Waals surface area contributed by atoms with Crippen LogP contribution in [0.15, 0.2) is 0 Å². The van der Waals surface area contributed by atoms with E-state index in [-0.39, 0.29) is 12.5 Å². The maximum Gasteiger partial charge on any atom is 0.303 e. The lowest BCUT2D eigenvalue weighted by Crippen LogP contribution is -2.62. The Morgan fingerprint density at radius 1 is 0.926 bits per heavy atom. The van der Waals surface area contributed by atoms with Crippen molar-refractivity contribution in [2.24, 2.45) is 5.92 Å². The zero-order valence-electron chi connectivity index (χ0n) is 16.5. The topological polar surface area (TPSA) is 118 Å². The molecule has 0 aliphatic carbocycles. The quantitative estimate of drug-likeness (QED) is 0.453. The van der Waals surface area contributed by atoms with Crippen LogP contribution in [0, 0.1) is 5.92 Å². The molecule has 1 heterocycles. The molecule has 5 atom stereocenters. The van der Waals surface area contributed by atoms with Crippen molar-refractivity contribution in [1.29, 1.82) is 0 Å². The molecule has 0 radical (unpaired) electrons. The number of esters is 3. The van der Waals surface area contributed by atoms with Gasteiger partial charge in [-0.05, 0) is 5.92 Å². The van der Waals surface area contributed by atoms with Gasteiger partial charge in [0.1, 0.15) is 18.8 Å². The summed E-state index contributed by atoms with van der Waals surface area (Å²) in [5.74, 6) is -1.55. The van der Waals surface area contributed by atoms with E-state index >= 15 is 0 Å². The van der Waals surface area contributed by atoms with Crippen LogP contribution in [0.4, 0.5) is 0 Å². The first-order chi connectivity index (χ1) is 12.7. The molecule has 0 spiro atoms. The van der Waals surface area contributed by atoms with Crippen LogP contribution in [0.3, 0.4) is 0 Å². The van der Waals surface area contributed by atoms with E-state index in [2.05, 4.69) is 0 Å². The van der Waals surface area contributed by atoms with Gasteiger partial charge in [-0.15, -0.1) is 0 Å². The van der Waals surface area contributed by atoms with Crippen molar-refractivity contribution < 1.29 is 43.2 Å². The lowest BCUT2D eigenvalue weighted by molar-refractivity contribution is -0.301. The van der Waals surface area contributed by atoms with Crippen molar-refractivity contribution in [1.82, 2.24) is 0 Å². The SMILES string of the molecule is CCC(CC)CO[C@@H]1[C@@H](OC(C)=O)[C@@H](O)O[C@H](COC(C)=O)[C@H]1OC(C)=O. The highest BCUT2D eigenvalue weighted by Gasteiger charge is 2.50. The Labute approximate surface area is 159 Å². The molecule has 0 aromatic rings. The molecule has 1 aliphatic heterocycles. The van der Waals surface area contributed by atoms with Crippen molar-refractivity contribution >= 4 is 17.9 Å². The molecule has 1 N–H and O–H groups in total. The summed E-state index contributed by atoms with van der Waals surface area (Å²) in [6.07, 6.45) is -3.92. The molecule has 0 unspecified atom stereocenters. The van der Waals surface area contributed by atoms with E-state index in [1.165, 1.54) is 20.8 Å². The second kappa shape index (κ2) is 11.2. The lowest BCUT2D eigenvalue weighted by Gasteiger charge is -2.43. The molecule has 0 amide bonds. The fourth-order valence-electron chi connectivity index (χ4n) is 2.84. The van der Waals surface area contributed by atoms with E-state index < -0.39 is 48.6 Å². The van der Waals surface area contributed by atoms with Gasteiger partial charge in [-0.3, -0.25) is 14.4 Å². The summed E-state index contributed by atoms with van der Waals surface area (Å²) in [6.45, 7) is 7.74. The Morgan fingerprint density at radius 3 is 1.96 bits per heavy atom. The molecule has 9 nitrogen and oxygen atoms in total. The van der Waals surface area contributed by atoms with Crippen LogP contribution in [0.1, 0.15) is 47.5 Å². The summed E-state index contributed by atoms with van der Waals surface area (Å²) < 4.78 is 26.8. The maximum atomic E-state index is 11.6. The lowest BCUT2D eigenvalue weighted by atomic mass is 9.97. The zero-order chi connectivity index (χ0) is 20.6. The number of carbonyl (C=O) groups is 3. The summed E-state index contributed by atoms with van der Waals surface area (Å²) >= 11 is 0. The first-order valence-corrected chi connectivity index (χ1v) is 9.12. The first-order valence-electron chi connectivity index (χ1n) is 9.12. The normalized spacial score (nSPS) is 27.9. The molecule has 1 rings (SSSR count). The number of hydrogen-bond donors (Lipinski definition) is 1. The molecule has 1 saturated heterocycles. The summed E-state index contributed by atoms with van der Waals surface area (Å²) in [4.78, 5) is 34.2. The number of hydrogen-bond acceptors (Lipinski definition) is 9. The van der Waals surface area contributed by atoms with Crippen molar-refractivity contribution in [3.05, 3.63) is 0 Å². The van der Waals surface area contributed by atoms with Crippen LogP contribution < -0.4 is 0 Å². The van der Waals surface area contributed by atoms with Gasteiger partial charge in [0, 0.05) is 20.8 Å². The second-order valence-electron chi connectivity index (χ2n) is 6.50. The summed E-state index contributed by atoms with van der Waals surface area (Å²) in [5, 5.41) is 10.3. The van der Waals surface area contributed by atoms with E-state index in [9.17, 15) is 19.5 Å². The fourth-order valence-corrected chi connectivity index (χ4v) is 2.84. The standard InChI is InChI=1S/C18H30O9/c1-6-13(7-2)8-24-16-15(25-11(4)20)14(9-23-10(3)19)27-18(22)17(16)26-12(5)21/h13-18,22H,6-9H2,1-5H3/t14-,15-,16+,17-,18+/m1/s1. The summed E-state index contributed by atoms with van der Waals surface area (Å²) in [6, 6.07) is 0. The molecule has 27 heavy (non-hydrogen) atoms. The van der Waals surface area contributed by atoms with Gasteiger partial charge in [0.05, 0.1) is 6.61 Å². The highest BCUT2D eigenvalue weighted by atomic mass is 16.7. The van der Waals surface area contributed by atoms with E-state index in [0.717, 1.165) is 12.8 Å². The monoisotopic (exact) mass is 390 g/mol. The predicted octanol–water partition coefficient (Wildman–Crippen LogP) is 0.952. The number of rotatable bonds is 9.